The predicted molar refractivity (Wildman–Crippen MR) is 63.6 cm³/mol. The lowest BCUT2D eigenvalue weighted by atomic mass is 10.0. The third-order valence-electron chi connectivity index (χ3n) is 2.77. The first-order valence-corrected chi connectivity index (χ1v) is 5.82. The van der Waals surface area contributed by atoms with E-state index in [0.29, 0.717) is 24.2 Å². The van der Waals surface area contributed by atoms with Gasteiger partial charge in [0.15, 0.2) is 0 Å². The molecule has 19 heavy (non-hydrogen) atoms. The first-order chi connectivity index (χ1) is 8.95. The lowest BCUT2D eigenvalue weighted by Gasteiger charge is -2.10. The van der Waals surface area contributed by atoms with Crippen molar-refractivity contribution in [3.05, 3.63) is 59.5 Å². The van der Waals surface area contributed by atoms with Crippen molar-refractivity contribution in [1.29, 1.82) is 0 Å². The molecule has 0 aliphatic heterocycles. The summed E-state index contributed by atoms with van der Waals surface area (Å²) in [7, 11) is 0. The van der Waals surface area contributed by atoms with Crippen molar-refractivity contribution < 1.29 is 22.7 Å². The Morgan fingerprint density at radius 2 is 1.74 bits per heavy atom. The van der Waals surface area contributed by atoms with E-state index in [1.165, 1.54) is 18.4 Å². The molecule has 1 aromatic heterocycles. The molecule has 1 atom stereocenters. The number of furan rings is 1. The largest absolute Gasteiger partial charge is 0.469 e. The predicted octanol–water partition coefficient (Wildman–Crippen LogP) is 3.44. The molecule has 0 spiro atoms. The fraction of sp³-hybridized carbons (Fsp3) is 0.286. The molecule has 2 rings (SSSR count). The minimum Gasteiger partial charge on any atom is -0.469 e. The molecular weight excluding hydrogens is 257 g/mol. The van der Waals surface area contributed by atoms with Gasteiger partial charge in [-0.15, -0.1) is 0 Å². The summed E-state index contributed by atoms with van der Waals surface area (Å²) < 4.78 is 42.2. The average Bonchev–Trinajstić information content (AvgIpc) is 2.81. The van der Waals surface area contributed by atoms with E-state index in [2.05, 4.69) is 0 Å². The summed E-state index contributed by atoms with van der Waals surface area (Å²) >= 11 is 0. The normalized spacial score (nSPS) is 13.5. The monoisotopic (exact) mass is 270 g/mol. The maximum absolute atomic E-state index is 12.4. The van der Waals surface area contributed by atoms with Crippen molar-refractivity contribution in [2.45, 2.75) is 25.1 Å². The van der Waals surface area contributed by atoms with Gasteiger partial charge in [0.25, 0.3) is 0 Å². The number of hydrogen-bond donors (Lipinski definition) is 1. The first-order valence-electron chi connectivity index (χ1n) is 5.82. The molecule has 1 N–H and O–H groups in total. The van der Waals surface area contributed by atoms with Gasteiger partial charge in [0, 0.05) is 6.42 Å². The van der Waals surface area contributed by atoms with Crippen LogP contribution in [0.15, 0.2) is 47.1 Å². The number of benzene rings is 1. The molecule has 102 valence electrons. The number of hydrogen-bond acceptors (Lipinski definition) is 2. The van der Waals surface area contributed by atoms with Crippen LogP contribution in [0.2, 0.25) is 0 Å². The molecule has 0 aliphatic carbocycles. The van der Waals surface area contributed by atoms with E-state index in [9.17, 15) is 18.3 Å². The summed E-state index contributed by atoms with van der Waals surface area (Å²) in [4.78, 5) is 0. The molecule has 0 saturated heterocycles. The van der Waals surface area contributed by atoms with Gasteiger partial charge in [0.1, 0.15) is 5.76 Å². The smallest absolute Gasteiger partial charge is 0.416 e. The molecule has 0 bridgehead atoms. The highest BCUT2D eigenvalue weighted by molar-refractivity contribution is 5.25. The van der Waals surface area contributed by atoms with Crippen LogP contribution in [0.1, 0.15) is 16.9 Å². The molecular formula is C14H13F3O2. The molecule has 2 nitrogen and oxygen atoms in total. The molecule has 0 amide bonds. The summed E-state index contributed by atoms with van der Waals surface area (Å²) in [5.74, 6) is 0.652. The Labute approximate surface area is 108 Å². The highest BCUT2D eigenvalue weighted by atomic mass is 19.4. The van der Waals surface area contributed by atoms with E-state index in [1.807, 2.05) is 0 Å². The highest BCUT2D eigenvalue weighted by Crippen LogP contribution is 2.29. The summed E-state index contributed by atoms with van der Waals surface area (Å²) in [5.41, 5.74) is -0.0242. The Kier molecular flexibility index (Phi) is 3.95. The second kappa shape index (κ2) is 5.48. The molecule has 0 aliphatic rings. The summed E-state index contributed by atoms with van der Waals surface area (Å²) in [6.07, 6.45) is -2.86. The molecule has 5 heteroatoms. The van der Waals surface area contributed by atoms with Crippen molar-refractivity contribution in [2.75, 3.05) is 0 Å². The van der Waals surface area contributed by atoms with E-state index in [1.54, 1.807) is 12.1 Å². The van der Waals surface area contributed by atoms with Gasteiger partial charge in [-0.2, -0.15) is 13.2 Å². The van der Waals surface area contributed by atoms with Gasteiger partial charge in [0.05, 0.1) is 17.9 Å². The number of rotatable bonds is 4. The fourth-order valence-corrected chi connectivity index (χ4v) is 1.84. The molecule has 1 aromatic carbocycles. The zero-order valence-electron chi connectivity index (χ0n) is 10.0. The minimum absolute atomic E-state index is 0.291. The Morgan fingerprint density at radius 3 is 2.26 bits per heavy atom. The van der Waals surface area contributed by atoms with Gasteiger partial charge >= 0.3 is 6.18 Å². The Hall–Kier alpha value is -1.75. The quantitative estimate of drug-likeness (QED) is 0.923. The van der Waals surface area contributed by atoms with Crippen LogP contribution in [-0.2, 0) is 19.0 Å². The van der Waals surface area contributed by atoms with Gasteiger partial charge in [0.2, 0.25) is 0 Å². The van der Waals surface area contributed by atoms with Gasteiger partial charge in [-0.1, -0.05) is 12.1 Å². The van der Waals surface area contributed by atoms with Crippen LogP contribution in [0.5, 0.6) is 0 Å². The van der Waals surface area contributed by atoms with Crippen molar-refractivity contribution >= 4 is 0 Å². The first kappa shape index (κ1) is 13.7. The lowest BCUT2D eigenvalue weighted by molar-refractivity contribution is -0.137. The molecule has 0 radical (unpaired) electrons. The summed E-state index contributed by atoms with van der Waals surface area (Å²) in [6.45, 7) is 0. The summed E-state index contributed by atoms with van der Waals surface area (Å²) in [6, 6.07) is 8.28. The molecule has 2 aromatic rings. The SMILES string of the molecule is OC(Cc1ccc(C(F)(F)F)cc1)Cc1ccco1. The van der Waals surface area contributed by atoms with Crippen molar-refractivity contribution in [2.24, 2.45) is 0 Å². The van der Waals surface area contributed by atoms with Crippen LogP contribution in [0.3, 0.4) is 0 Å². The van der Waals surface area contributed by atoms with E-state index in [0.717, 1.165) is 12.1 Å². The second-order valence-electron chi connectivity index (χ2n) is 4.34. The molecule has 1 heterocycles. The molecule has 1 unspecified atom stereocenters. The fourth-order valence-electron chi connectivity index (χ4n) is 1.84. The third kappa shape index (κ3) is 3.86. The van der Waals surface area contributed by atoms with E-state index < -0.39 is 17.8 Å². The minimum atomic E-state index is -4.33. The van der Waals surface area contributed by atoms with Crippen LogP contribution in [-0.4, -0.2) is 11.2 Å². The van der Waals surface area contributed by atoms with Gasteiger partial charge in [-0.05, 0) is 36.2 Å². The van der Waals surface area contributed by atoms with Crippen molar-refractivity contribution in [3.63, 3.8) is 0 Å². The zero-order chi connectivity index (χ0) is 13.9. The summed E-state index contributed by atoms with van der Waals surface area (Å²) in [5, 5.41) is 9.82. The van der Waals surface area contributed by atoms with Gasteiger partial charge in [-0.25, -0.2) is 0 Å². The Balaban J connectivity index is 1.96. The maximum Gasteiger partial charge on any atom is 0.416 e. The van der Waals surface area contributed by atoms with Crippen LogP contribution in [0, 0.1) is 0 Å². The number of aliphatic hydroxyl groups excluding tert-OH is 1. The van der Waals surface area contributed by atoms with Crippen LogP contribution in [0.25, 0.3) is 0 Å². The molecule has 0 saturated carbocycles. The zero-order valence-corrected chi connectivity index (χ0v) is 10.0. The van der Waals surface area contributed by atoms with Crippen LogP contribution < -0.4 is 0 Å². The Bertz CT molecular complexity index is 500. The van der Waals surface area contributed by atoms with Crippen molar-refractivity contribution in [3.8, 4) is 0 Å². The lowest BCUT2D eigenvalue weighted by Crippen LogP contribution is -2.13. The number of aliphatic hydroxyl groups is 1. The van der Waals surface area contributed by atoms with E-state index in [-0.39, 0.29) is 0 Å². The van der Waals surface area contributed by atoms with Gasteiger partial charge in [-0.3, -0.25) is 0 Å². The maximum atomic E-state index is 12.4. The van der Waals surface area contributed by atoms with E-state index >= 15 is 0 Å². The van der Waals surface area contributed by atoms with Crippen LogP contribution >= 0.6 is 0 Å². The number of halogens is 3. The average molecular weight is 270 g/mol. The highest BCUT2D eigenvalue weighted by Gasteiger charge is 2.29. The van der Waals surface area contributed by atoms with Gasteiger partial charge < -0.3 is 9.52 Å². The third-order valence-corrected chi connectivity index (χ3v) is 2.77. The Morgan fingerprint density at radius 1 is 1.05 bits per heavy atom. The molecule has 0 fully saturated rings. The number of alkyl halides is 3. The van der Waals surface area contributed by atoms with Crippen LogP contribution in [0.4, 0.5) is 13.2 Å². The second-order valence-corrected chi connectivity index (χ2v) is 4.34. The standard InChI is InChI=1S/C14H13F3O2/c15-14(16,17)11-5-3-10(4-6-11)8-12(18)9-13-2-1-7-19-13/h1-7,12,18H,8-9H2. The topological polar surface area (TPSA) is 33.4 Å². The van der Waals surface area contributed by atoms with E-state index in [4.69, 9.17) is 4.42 Å². The van der Waals surface area contributed by atoms with Crippen molar-refractivity contribution in [1.82, 2.24) is 0 Å².